The van der Waals surface area contributed by atoms with Gasteiger partial charge < -0.3 is 14.6 Å². The van der Waals surface area contributed by atoms with E-state index in [2.05, 4.69) is 16.2 Å². The number of hydrogen-bond acceptors (Lipinski definition) is 6. The molecule has 1 aromatic carbocycles. The molecule has 0 N–H and O–H groups in total. The van der Waals surface area contributed by atoms with Gasteiger partial charge in [0.1, 0.15) is 11.7 Å². The van der Waals surface area contributed by atoms with E-state index in [1.807, 2.05) is 0 Å². The minimum atomic E-state index is -4.52. The van der Waals surface area contributed by atoms with Crippen molar-refractivity contribution in [2.45, 2.75) is 12.1 Å². The number of rotatable bonds is 6. The maximum Gasteiger partial charge on any atom is 0.417 e. The Morgan fingerprint density at radius 1 is 1.24 bits per heavy atom. The minimum Gasteiger partial charge on any atom is -0.386 e. The van der Waals surface area contributed by atoms with Crippen LogP contribution in [0.1, 0.15) is 17.0 Å². The molecule has 1 fully saturated rings. The summed E-state index contributed by atoms with van der Waals surface area (Å²) in [6.07, 6.45) is -2.49. The molecule has 0 unspecified atom stereocenters. The normalized spacial score (nSPS) is 15.4. The molecule has 0 saturated carbocycles. The average Bonchev–Trinajstić information content (AvgIpc) is 2.79. The van der Waals surface area contributed by atoms with E-state index >= 15 is 0 Å². The number of halogens is 5. The number of anilines is 1. The first-order chi connectivity index (χ1) is 15.7. The third-order valence-corrected chi connectivity index (χ3v) is 5.45. The molecule has 12 heteroatoms. The second kappa shape index (κ2) is 10.7. The van der Waals surface area contributed by atoms with Crippen molar-refractivity contribution in [1.29, 1.82) is 5.26 Å². The number of carbonyl (C=O) groups excluding carboxylic acids is 1. The van der Waals surface area contributed by atoms with E-state index in [0.717, 1.165) is 12.3 Å². The smallest absolute Gasteiger partial charge is 0.386 e. The van der Waals surface area contributed by atoms with E-state index in [1.165, 1.54) is 6.21 Å². The molecule has 33 heavy (non-hydrogen) atoms. The van der Waals surface area contributed by atoms with Gasteiger partial charge in [-0.25, -0.2) is 4.98 Å². The number of benzene rings is 1. The molecule has 1 atom stereocenters. The summed E-state index contributed by atoms with van der Waals surface area (Å²) in [7, 11) is 0. The number of pyridine rings is 1. The highest BCUT2D eigenvalue weighted by molar-refractivity contribution is 6.33. The second-order valence-electron chi connectivity index (χ2n) is 7.08. The van der Waals surface area contributed by atoms with Crippen LogP contribution in [-0.4, -0.2) is 54.8 Å². The molecular weight excluding hydrogens is 482 g/mol. The van der Waals surface area contributed by atoms with E-state index in [9.17, 15) is 23.2 Å². The van der Waals surface area contributed by atoms with Crippen molar-refractivity contribution in [1.82, 2.24) is 9.88 Å². The van der Waals surface area contributed by atoms with E-state index < -0.39 is 17.7 Å². The predicted molar refractivity (Wildman–Crippen MR) is 117 cm³/mol. The molecule has 0 bridgehead atoms. The summed E-state index contributed by atoms with van der Waals surface area (Å²) in [5, 5.41) is 13.4. The van der Waals surface area contributed by atoms with Crippen molar-refractivity contribution in [2.24, 2.45) is 5.16 Å². The molecule has 1 saturated heterocycles. The van der Waals surface area contributed by atoms with Crippen LogP contribution in [0.15, 0.2) is 41.7 Å². The first-order valence-electron chi connectivity index (χ1n) is 9.75. The molecule has 0 radical (unpaired) electrons. The summed E-state index contributed by atoms with van der Waals surface area (Å²) >= 11 is 11.8. The first kappa shape index (κ1) is 24.6. The van der Waals surface area contributed by atoms with Gasteiger partial charge in [-0.3, -0.25) is 4.79 Å². The van der Waals surface area contributed by atoms with Crippen LogP contribution >= 0.6 is 23.2 Å². The number of nitrogens with zero attached hydrogens (tertiary/aromatic N) is 5. The molecule has 3 rings (SSSR count). The third-order valence-electron chi connectivity index (χ3n) is 4.92. The van der Waals surface area contributed by atoms with E-state index in [4.69, 9.17) is 28.0 Å². The number of piperazine rings is 1. The second-order valence-corrected chi connectivity index (χ2v) is 7.92. The van der Waals surface area contributed by atoms with Crippen LogP contribution in [0.4, 0.5) is 19.0 Å². The van der Waals surface area contributed by atoms with Crippen molar-refractivity contribution >= 4 is 41.1 Å². The maximum atomic E-state index is 12.8. The van der Waals surface area contributed by atoms with Gasteiger partial charge in [-0.1, -0.05) is 40.5 Å². The Balaban J connectivity index is 1.48. The Kier molecular flexibility index (Phi) is 8.00. The molecule has 1 aliphatic rings. The van der Waals surface area contributed by atoms with Crippen LogP contribution in [-0.2, 0) is 15.8 Å². The van der Waals surface area contributed by atoms with Crippen molar-refractivity contribution in [3.63, 3.8) is 0 Å². The van der Waals surface area contributed by atoms with E-state index in [1.54, 1.807) is 34.1 Å². The van der Waals surface area contributed by atoms with Crippen LogP contribution in [0.3, 0.4) is 0 Å². The van der Waals surface area contributed by atoms with Gasteiger partial charge in [0, 0.05) is 37.4 Å². The van der Waals surface area contributed by atoms with Crippen molar-refractivity contribution in [3.05, 3.63) is 57.7 Å². The molecule has 2 aromatic rings. The zero-order valence-electron chi connectivity index (χ0n) is 17.1. The fraction of sp³-hybridized carbons (Fsp3) is 0.333. The van der Waals surface area contributed by atoms with Crippen molar-refractivity contribution < 1.29 is 22.8 Å². The zero-order valence-corrected chi connectivity index (χ0v) is 18.6. The maximum absolute atomic E-state index is 12.8. The molecule has 7 nitrogen and oxygen atoms in total. The summed E-state index contributed by atoms with van der Waals surface area (Å²) < 4.78 is 38.3. The highest BCUT2D eigenvalue weighted by Gasteiger charge is 2.32. The minimum absolute atomic E-state index is 0.102. The lowest BCUT2D eigenvalue weighted by molar-refractivity contribution is -0.138. The molecule has 2 heterocycles. The summed E-state index contributed by atoms with van der Waals surface area (Å²) in [5.41, 5.74) is -0.232. The molecular formula is C21H18Cl2F3N5O2. The largest absolute Gasteiger partial charge is 0.417 e. The number of amides is 1. The molecule has 1 amide bonds. The molecule has 0 spiro atoms. The van der Waals surface area contributed by atoms with Crippen LogP contribution in [0.5, 0.6) is 0 Å². The van der Waals surface area contributed by atoms with Gasteiger partial charge in [-0.05, 0) is 23.8 Å². The van der Waals surface area contributed by atoms with E-state index in [-0.39, 0.29) is 23.4 Å². The Hall–Kier alpha value is -3.03. The number of aromatic nitrogens is 1. The third kappa shape index (κ3) is 6.49. The van der Waals surface area contributed by atoms with Crippen LogP contribution in [0.2, 0.25) is 10.0 Å². The summed E-state index contributed by atoms with van der Waals surface area (Å²) in [6.45, 7) is 1.02. The fourth-order valence-electron chi connectivity index (χ4n) is 3.14. The molecule has 0 aliphatic carbocycles. The lowest BCUT2D eigenvalue weighted by Gasteiger charge is -2.35. The van der Waals surface area contributed by atoms with Crippen molar-refractivity contribution in [2.75, 3.05) is 37.7 Å². The van der Waals surface area contributed by atoms with Gasteiger partial charge >= 0.3 is 6.18 Å². The number of alkyl halides is 3. The van der Waals surface area contributed by atoms with Gasteiger partial charge in [0.25, 0.3) is 5.91 Å². The standard InChI is InChI=1S/C21H18Cl2F3N5O2/c22-17-3-1-14(2-4-17)15(10-27)11-29-33-13-19(32)30-5-7-31(8-6-30)20-18(23)9-16(12-28-20)21(24,25)26/h1-4,9,11-12,15H,5-8,13H2/b29-11-/t15-/m0/s1. The van der Waals surface area contributed by atoms with Gasteiger partial charge in [0.15, 0.2) is 6.61 Å². The number of hydrogen-bond donors (Lipinski definition) is 0. The average molecular weight is 500 g/mol. The Morgan fingerprint density at radius 2 is 1.91 bits per heavy atom. The quantitative estimate of drug-likeness (QED) is 0.435. The van der Waals surface area contributed by atoms with Gasteiger partial charge in [-0.2, -0.15) is 18.4 Å². The van der Waals surface area contributed by atoms with Crippen LogP contribution in [0.25, 0.3) is 0 Å². The fourth-order valence-corrected chi connectivity index (χ4v) is 3.55. The van der Waals surface area contributed by atoms with Crippen molar-refractivity contribution in [3.8, 4) is 6.07 Å². The van der Waals surface area contributed by atoms with Gasteiger partial charge in [0.2, 0.25) is 0 Å². The van der Waals surface area contributed by atoms with Crippen LogP contribution < -0.4 is 4.90 Å². The van der Waals surface area contributed by atoms with Gasteiger partial charge in [-0.15, -0.1) is 0 Å². The highest BCUT2D eigenvalue weighted by Crippen LogP contribution is 2.33. The number of nitriles is 1. The SMILES string of the molecule is N#C[C@@H](/C=N\OCC(=O)N1CCN(c2ncc(C(F)(F)F)cc2Cl)CC1)c1ccc(Cl)cc1. The Morgan fingerprint density at radius 3 is 2.48 bits per heavy atom. The lowest BCUT2D eigenvalue weighted by Crippen LogP contribution is -2.50. The monoisotopic (exact) mass is 499 g/mol. The molecule has 174 valence electrons. The Bertz CT molecular complexity index is 1050. The Labute approximate surface area is 197 Å². The summed E-state index contributed by atoms with van der Waals surface area (Å²) in [5.74, 6) is -0.720. The summed E-state index contributed by atoms with van der Waals surface area (Å²) in [6, 6.07) is 9.63. The number of oxime groups is 1. The molecule has 1 aliphatic heterocycles. The number of carbonyl (C=O) groups is 1. The topological polar surface area (TPSA) is 81.8 Å². The van der Waals surface area contributed by atoms with E-state index in [0.29, 0.717) is 36.8 Å². The van der Waals surface area contributed by atoms with Crippen LogP contribution in [0, 0.1) is 11.3 Å². The van der Waals surface area contributed by atoms with Gasteiger partial charge in [0.05, 0.1) is 22.9 Å². The highest BCUT2D eigenvalue weighted by atomic mass is 35.5. The lowest BCUT2D eigenvalue weighted by atomic mass is 10.0. The predicted octanol–water partition coefficient (Wildman–Crippen LogP) is 4.37. The summed E-state index contributed by atoms with van der Waals surface area (Å²) in [4.78, 5) is 24.5. The zero-order chi connectivity index (χ0) is 24.0. The first-order valence-corrected chi connectivity index (χ1v) is 10.5. The molecule has 1 aromatic heterocycles.